The van der Waals surface area contributed by atoms with Gasteiger partial charge in [-0.2, -0.15) is 0 Å². The Hall–Kier alpha value is -3.19. The smallest absolute Gasteiger partial charge is 0.254 e. The second-order valence-corrected chi connectivity index (χ2v) is 6.62. The number of aromatic amines is 1. The van der Waals surface area contributed by atoms with E-state index < -0.39 is 11.7 Å². The molecule has 0 aliphatic rings. The van der Waals surface area contributed by atoms with E-state index in [0.29, 0.717) is 29.9 Å². The van der Waals surface area contributed by atoms with Crippen LogP contribution >= 0.6 is 0 Å². The molecule has 0 aliphatic carbocycles. The zero-order valence-corrected chi connectivity index (χ0v) is 16.2. The van der Waals surface area contributed by atoms with E-state index in [1.807, 2.05) is 13.0 Å². The maximum absolute atomic E-state index is 13.5. The van der Waals surface area contributed by atoms with Gasteiger partial charge >= 0.3 is 0 Å². The van der Waals surface area contributed by atoms with E-state index in [0.717, 1.165) is 11.5 Å². The average molecular weight is 398 g/mol. The topological polar surface area (TPSA) is 82.6 Å². The summed E-state index contributed by atoms with van der Waals surface area (Å²) in [5.74, 6) is -0.226. The molecule has 1 amide bonds. The van der Waals surface area contributed by atoms with Gasteiger partial charge in [-0.1, -0.05) is 6.07 Å². The number of carbonyl (C=O) groups excluding carboxylic acids is 1. The number of aliphatic hydroxyl groups is 1. The largest absolute Gasteiger partial charge is 0.494 e. The van der Waals surface area contributed by atoms with Crippen LogP contribution in [0.2, 0.25) is 0 Å². The molecule has 0 aliphatic heterocycles. The standard InChI is InChI=1S/C22H23FN2O4/c1-2-29-19-7-8-20-16(13-19)11-17(21(27)24-20)14-25(9-4-10-26)22(28)15-5-3-6-18(23)12-15/h3,5-8,11-13,26H,2,4,9-10,14H2,1H3,(H,24,27). The maximum Gasteiger partial charge on any atom is 0.254 e. The van der Waals surface area contributed by atoms with Crippen LogP contribution in [-0.4, -0.2) is 40.7 Å². The first-order chi connectivity index (χ1) is 14.0. The summed E-state index contributed by atoms with van der Waals surface area (Å²) in [6.45, 7) is 2.60. The normalized spacial score (nSPS) is 10.9. The Kier molecular flexibility index (Phi) is 6.61. The van der Waals surface area contributed by atoms with E-state index in [-0.39, 0.29) is 30.8 Å². The molecule has 6 nitrogen and oxygen atoms in total. The number of amides is 1. The van der Waals surface area contributed by atoms with Crippen LogP contribution in [-0.2, 0) is 6.54 Å². The van der Waals surface area contributed by atoms with Crippen LogP contribution in [0.3, 0.4) is 0 Å². The lowest BCUT2D eigenvalue weighted by Gasteiger charge is -2.22. The van der Waals surface area contributed by atoms with Crippen molar-refractivity contribution in [3.63, 3.8) is 0 Å². The summed E-state index contributed by atoms with van der Waals surface area (Å²) in [6, 6.07) is 12.5. The minimum Gasteiger partial charge on any atom is -0.494 e. The van der Waals surface area contributed by atoms with Crippen LogP contribution in [0.4, 0.5) is 4.39 Å². The number of fused-ring (bicyclic) bond motifs is 1. The van der Waals surface area contributed by atoms with E-state index in [1.165, 1.54) is 23.1 Å². The van der Waals surface area contributed by atoms with Crippen LogP contribution in [0.15, 0.2) is 53.3 Å². The monoisotopic (exact) mass is 398 g/mol. The van der Waals surface area contributed by atoms with Crippen LogP contribution in [0.25, 0.3) is 10.9 Å². The second-order valence-electron chi connectivity index (χ2n) is 6.62. The van der Waals surface area contributed by atoms with Gasteiger partial charge in [0.15, 0.2) is 0 Å². The van der Waals surface area contributed by atoms with E-state index >= 15 is 0 Å². The van der Waals surface area contributed by atoms with Gasteiger partial charge in [0.2, 0.25) is 0 Å². The molecule has 0 atom stereocenters. The van der Waals surface area contributed by atoms with Gasteiger partial charge in [0.25, 0.3) is 11.5 Å². The van der Waals surface area contributed by atoms with Crippen molar-refractivity contribution in [2.45, 2.75) is 19.9 Å². The van der Waals surface area contributed by atoms with Crippen molar-refractivity contribution in [1.29, 1.82) is 0 Å². The molecule has 2 aromatic carbocycles. The van der Waals surface area contributed by atoms with Gasteiger partial charge in [-0.25, -0.2) is 4.39 Å². The van der Waals surface area contributed by atoms with Gasteiger partial charge < -0.3 is 19.7 Å². The number of nitrogens with zero attached hydrogens (tertiary/aromatic N) is 1. The lowest BCUT2D eigenvalue weighted by atomic mass is 10.1. The number of carbonyl (C=O) groups is 1. The predicted octanol–water partition coefficient (Wildman–Crippen LogP) is 3.09. The minimum absolute atomic E-state index is 0.0412. The van der Waals surface area contributed by atoms with Crippen LogP contribution < -0.4 is 10.3 Å². The zero-order chi connectivity index (χ0) is 20.8. The third-order valence-electron chi connectivity index (χ3n) is 4.51. The first-order valence-corrected chi connectivity index (χ1v) is 9.46. The molecule has 152 valence electrons. The molecule has 0 unspecified atom stereocenters. The van der Waals surface area contributed by atoms with E-state index in [1.54, 1.807) is 18.2 Å². The molecule has 0 radical (unpaired) electrons. The molecule has 7 heteroatoms. The lowest BCUT2D eigenvalue weighted by molar-refractivity contribution is 0.0731. The Morgan fingerprint density at radius 1 is 1.21 bits per heavy atom. The molecule has 3 rings (SSSR count). The first-order valence-electron chi connectivity index (χ1n) is 9.46. The minimum atomic E-state index is -0.509. The quantitative estimate of drug-likeness (QED) is 0.611. The molecule has 1 heterocycles. The Morgan fingerprint density at radius 3 is 2.76 bits per heavy atom. The highest BCUT2D eigenvalue weighted by atomic mass is 19.1. The number of halogens is 1. The zero-order valence-electron chi connectivity index (χ0n) is 16.2. The number of aromatic nitrogens is 1. The van der Waals surface area contributed by atoms with Crippen molar-refractivity contribution in [3.8, 4) is 5.75 Å². The van der Waals surface area contributed by atoms with Crippen molar-refractivity contribution in [2.75, 3.05) is 19.8 Å². The van der Waals surface area contributed by atoms with Crippen molar-refractivity contribution in [3.05, 3.63) is 75.8 Å². The Labute approximate surface area is 167 Å². The van der Waals surface area contributed by atoms with Crippen LogP contribution in [0.5, 0.6) is 5.75 Å². The molecule has 2 N–H and O–H groups in total. The molecular weight excluding hydrogens is 375 g/mol. The highest BCUT2D eigenvalue weighted by Gasteiger charge is 2.18. The summed E-state index contributed by atoms with van der Waals surface area (Å²) in [4.78, 5) is 29.7. The number of aliphatic hydroxyl groups excluding tert-OH is 1. The Morgan fingerprint density at radius 2 is 2.03 bits per heavy atom. The predicted molar refractivity (Wildman–Crippen MR) is 109 cm³/mol. The highest BCUT2D eigenvalue weighted by Crippen LogP contribution is 2.20. The third kappa shape index (κ3) is 5.00. The fourth-order valence-electron chi connectivity index (χ4n) is 3.13. The number of nitrogens with one attached hydrogen (secondary N) is 1. The summed E-state index contributed by atoms with van der Waals surface area (Å²) in [7, 11) is 0. The van der Waals surface area contributed by atoms with Crippen molar-refractivity contribution >= 4 is 16.8 Å². The number of benzene rings is 2. The fourth-order valence-corrected chi connectivity index (χ4v) is 3.13. The van der Waals surface area contributed by atoms with Gasteiger partial charge in [0.1, 0.15) is 11.6 Å². The van der Waals surface area contributed by atoms with Crippen molar-refractivity contribution in [1.82, 2.24) is 9.88 Å². The number of rotatable bonds is 8. The van der Waals surface area contributed by atoms with E-state index in [4.69, 9.17) is 4.74 Å². The molecule has 0 saturated carbocycles. The number of H-pyrrole nitrogens is 1. The van der Waals surface area contributed by atoms with E-state index in [9.17, 15) is 19.1 Å². The SMILES string of the molecule is CCOc1ccc2[nH]c(=O)c(CN(CCCO)C(=O)c3cccc(F)c3)cc2c1. The fraction of sp³-hybridized carbons (Fsp3) is 0.273. The van der Waals surface area contributed by atoms with Gasteiger partial charge in [-0.05, 0) is 55.8 Å². The molecule has 0 fully saturated rings. The van der Waals surface area contributed by atoms with Gasteiger partial charge in [0, 0.05) is 35.2 Å². The number of pyridine rings is 1. The first kappa shape index (κ1) is 20.5. The second kappa shape index (κ2) is 9.34. The number of hydrogen-bond acceptors (Lipinski definition) is 4. The van der Waals surface area contributed by atoms with Gasteiger partial charge in [-0.15, -0.1) is 0 Å². The summed E-state index contributed by atoms with van der Waals surface area (Å²) in [5, 5.41) is 9.96. The van der Waals surface area contributed by atoms with Gasteiger partial charge in [-0.3, -0.25) is 9.59 Å². The molecule has 3 aromatic rings. The van der Waals surface area contributed by atoms with Crippen molar-refractivity contribution < 1.29 is 19.0 Å². The van der Waals surface area contributed by atoms with Crippen LogP contribution in [0, 0.1) is 5.82 Å². The summed E-state index contributed by atoms with van der Waals surface area (Å²) in [6.07, 6.45) is 0.348. The Balaban J connectivity index is 1.93. The van der Waals surface area contributed by atoms with Gasteiger partial charge in [0.05, 0.1) is 13.2 Å². The molecular formula is C22H23FN2O4. The van der Waals surface area contributed by atoms with Crippen molar-refractivity contribution in [2.24, 2.45) is 0 Å². The number of ether oxygens (including phenoxy) is 1. The Bertz CT molecular complexity index is 1060. The summed E-state index contributed by atoms with van der Waals surface area (Å²) < 4.78 is 19.0. The molecule has 1 aromatic heterocycles. The molecule has 0 bridgehead atoms. The summed E-state index contributed by atoms with van der Waals surface area (Å²) in [5.41, 5.74) is 0.955. The average Bonchev–Trinajstić information content (AvgIpc) is 2.71. The molecule has 0 saturated heterocycles. The molecule has 0 spiro atoms. The summed E-state index contributed by atoms with van der Waals surface area (Å²) >= 11 is 0. The van der Waals surface area contributed by atoms with E-state index in [2.05, 4.69) is 4.98 Å². The highest BCUT2D eigenvalue weighted by molar-refractivity contribution is 5.94. The lowest BCUT2D eigenvalue weighted by Crippen LogP contribution is -2.34. The molecule has 29 heavy (non-hydrogen) atoms. The maximum atomic E-state index is 13.5. The van der Waals surface area contributed by atoms with Crippen LogP contribution in [0.1, 0.15) is 29.3 Å². The third-order valence-corrected chi connectivity index (χ3v) is 4.51. The number of hydrogen-bond donors (Lipinski definition) is 2.